The molecule has 24 heavy (non-hydrogen) atoms. The van der Waals surface area contributed by atoms with E-state index in [0.717, 1.165) is 12.1 Å². The van der Waals surface area contributed by atoms with Crippen molar-refractivity contribution >= 4 is 23.2 Å². The zero-order valence-corrected chi connectivity index (χ0v) is 13.2. The molecule has 0 aliphatic rings. The summed E-state index contributed by atoms with van der Waals surface area (Å²) in [5.41, 5.74) is 0.537. The molecule has 126 valence electrons. The van der Waals surface area contributed by atoms with Crippen LogP contribution in [0.2, 0.25) is 0 Å². The molecule has 0 heterocycles. The molecule has 0 spiro atoms. The second-order valence-electron chi connectivity index (χ2n) is 4.95. The Morgan fingerprint density at radius 1 is 1.12 bits per heavy atom. The molecule has 0 fully saturated rings. The number of para-hydroxylation sites is 2. The molecular weight excluding hydrogens is 318 g/mol. The summed E-state index contributed by atoms with van der Waals surface area (Å²) in [7, 11) is 1.46. The average Bonchev–Trinajstić information content (AvgIpc) is 2.56. The standard InChI is InChI=1S/C17H16F2N2O3/c1-11(22)21(15-5-3-4-6-16(15)24-2)10-17(23)20-12-7-8-13(18)14(19)9-12/h3-9H,10H2,1-2H3,(H,20,23). The quantitative estimate of drug-likeness (QED) is 0.914. The van der Waals surface area contributed by atoms with E-state index in [1.165, 1.54) is 25.0 Å². The van der Waals surface area contributed by atoms with Gasteiger partial charge in [0.25, 0.3) is 0 Å². The molecule has 0 aromatic heterocycles. The molecule has 2 rings (SSSR count). The number of nitrogens with zero attached hydrogens (tertiary/aromatic N) is 1. The molecule has 2 amide bonds. The van der Waals surface area contributed by atoms with Crippen molar-refractivity contribution in [3.8, 4) is 5.75 Å². The van der Waals surface area contributed by atoms with Crippen LogP contribution in [-0.4, -0.2) is 25.5 Å². The predicted octanol–water partition coefficient (Wildman–Crippen LogP) is 2.97. The minimum absolute atomic E-state index is 0.0995. The Kier molecular flexibility index (Phi) is 5.47. The highest BCUT2D eigenvalue weighted by molar-refractivity contribution is 6.02. The maximum atomic E-state index is 13.2. The molecule has 0 unspecified atom stereocenters. The molecule has 0 radical (unpaired) electrons. The summed E-state index contributed by atoms with van der Waals surface area (Å²) < 4.78 is 31.3. The van der Waals surface area contributed by atoms with Crippen LogP contribution in [0.5, 0.6) is 5.75 Å². The van der Waals surface area contributed by atoms with E-state index in [2.05, 4.69) is 5.32 Å². The summed E-state index contributed by atoms with van der Waals surface area (Å²) in [6.07, 6.45) is 0. The summed E-state index contributed by atoms with van der Waals surface area (Å²) in [6.45, 7) is 1.02. The molecule has 2 aromatic carbocycles. The number of benzene rings is 2. The first-order valence-corrected chi connectivity index (χ1v) is 7.08. The van der Waals surface area contributed by atoms with Crippen LogP contribution in [0.3, 0.4) is 0 Å². The van der Waals surface area contributed by atoms with Gasteiger partial charge >= 0.3 is 0 Å². The number of carbonyl (C=O) groups excluding carboxylic acids is 2. The van der Waals surface area contributed by atoms with Gasteiger partial charge < -0.3 is 10.1 Å². The van der Waals surface area contributed by atoms with E-state index in [-0.39, 0.29) is 18.1 Å². The number of ether oxygens (including phenoxy) is 1. The van der Waals surface area contributed by atoms with Crippen LogP contribution in [0.15, 0.2) is 42.5 Å². The monoisotopic (exact) mass is 334 g/mol. The maximum Gasteiger partial charge on any atom is 0.244 e. The molecule has 0 atom stereocenters. The van der Waals surface area contributed by atoms with Crippen LogP contribution in [-0.2, 0) is 9.59 Å². The molecule has 0 saturated heterocycles. The maximum absolute atomic E-state index is 13.2. The lowest BCUT2D eigenvalue weighted by atomic mass is 10.2. The second-order valence-corrected chi connectivity index (χ2v) is 4.95. The van der Waals surface area contributed by atoms with Crippen LogP contribution < -0.4 is 15.0 Å². The van der Waals surface area contributed by atoms with Crippen molar-refractivity contribution in [2.45, 2.75) is 6.92 Å². The van der Waals surface area contributed by atoms with Gasteiger partial charge in [-0.3, -0.25) is 14.5 Å². The smallest absolute Gasteiger partial charge is 0.244 e. The molecular formula is C17H16F2N2O3. The first-order chi connectivity index (χ1) is 11.4. The van der Waals surface area contributed by atoms with E-state index in [0.29, 0.717) is 11.4 Å². The van der Waals surface area contributed by atoms with Gasteiger partial charge in [-0.2, -0.15) is 0 Å². The van der Waals surface area contributed by atoms with Crippen LogP contribution in [0.4, 0.5) is 20.2 Å². The van der Waals surface area contributed by atoms with Crippen LogP contribution in [0, 0.1) is 11.6 Å². The van der Waals surface area contributed by atoms with Gasteiger partial charge in [0.2, 0.25) is 11.8 Å². The largest absolute Gasteiger partial charge is 0.495 e. The number of nitrogens with one attached hydrogen (secondary N) is 1. The Bertz CT molecular complexity index is 765. The molecule has 2 aromatic rings. The van der Waals surface area contributed by atoms with E-state index in [1.54, 1.807) is 24.3 Å². The number of methoxy groups -OCH3 is 1. The van der Waals surface area contributed by atoms with Crippen molar-refractivity contribution in [2.75, 3.05) is 23.9 Å². The Morgan fingerprint density at radius 3 is 2.46 bits per heavy atom. The Labute approximate surface area is 137 Å². The fourth-order valence-electron chi connectivity index (χ4n) is 2.14. The van der Waals surface area contributed by atoms with Crippen LogP contribution >= 0.6 is 0 Å². The number of rotatable bonds is 5. The lowest BCUT2D eigenvalue weighted by molar-refractivity contribution is -0.120. The SMILES string of the molecule is COc1ccccc1N(CC(=O)Nc1ccc(F)c(F)c1)C(C)=O. The minimum Gasteiger partial charge on any atom is -0.495 e. The predicted molar refractivity (Wildman–Crippen MR) is 86.0 cm³/mol. The summed E-state index contributed by atoms with van der Waals surface area (Å²) >= 11 is 0. The molecule has 1 N–H and O–H groups in total. The van der Waals surface area contributed by atoms with Crippen LogP contribution in [0.25, 0.3) is 0 Å². The highest BCUT2D eigenvalue weighted by atomic mass is 19.2. The Balaban J connectivity index is 2.17. The van der Waals surface area contributed by atoms with Gasteiger partial charge in [-0.15, -0.1) is 0 Å². The van der Waals surface area contributed by atoms with E-state index < -0.39 is 17.5 Å². The summed E-state index contributed by atoms with van der Waals surface area (Å²) in [4.78, 5) is 25.2. The fourth-order valence-corrected chi connectivity index (χ4v) is 2.14. The van der Waals surface area contributed by atoms with Gasteiger partial charge in [0.1, 0.15) is 12.3 Å². The topological polar surface area (TPSA) is 58.6 Å². The highest BCUT2D eigenvalue weighted by Crippen LogP contribution is 2.27. The van der Waals surface area contributed by atoms with E-state index >= 15 is 0 Å². The van der Waals surface area contributed by atoms with Gasteiger partial charge in [-0.25, -0.2) is 8.78 Å². The number of carbonyl (C=O) groups is 2. The zero-order valence-electron chi connectivity index (χ0n) is 13.2. The first kappa shape index (κ1) is 17.4. The summed E-state index contributed by atoms with van der Waals surface area (Å²) in [6, 6.07) is 9.77. The molecule has 5 nitrogen and oxygen atoms in total. The van der Waals surface area contributed by atoms with Crippen molar-refractivity contribution in [3.63, 3.8) is 0 Å². The second kappa shape index (κ2) is 7.54. The van der Waals surface area contributed by atoms with Crippen molar-refractivity contribution in [1.82, 2.24) is 0 Å². The van der Waals surface area contributed by atoms with Gasteiger partial charge in [-0.05, 0) is 24.3 Å². The first-order valence-electron chi connectivity index (χ1n) is 7.08. The number of hydrogen-bond acceptors (Lipinski definition) is 3. The van der Waals surface area contributed by atoms with Crippen molar-refractivity contribution in [1.29, 1.82) is 0 Å². The molecule has 0 aliphatic carbocycles. The van der Waals surface area contributed by atoms with Gasteiger partial charge in [0.05, 0.1) is 12.8 Å². The van der Waals surface area contributed by atoms with E-state index in [4.69, 9.17) is 4.74 Å². The third-order valence-electron chi connectivity index (χ3n) is 3.26. The third kappa shape index (κ3) is 4.07. The summed E-state index contributed by atoms with van der Waals surface area (Å²) in [5, 5.41) is 2.42. The average molecular weight is 334 g/mol. The van der Waals surface area contributed by atoms with Crippen molar-refractivity contribution in [2.24, 2.45) is 0 Å². The lowest BCUT2D eigenvalue weighted by Crippen LogP contribution is -2.36. The Morgan fingerprint density at radius 2 is 1.83 bits per heavy atom. The zero-order chi connectivity index (χ0) is 17.7. The Hall–Kier alpha value is -2.96. The number of anilines is 2. The number of amides is 2. The van der Waals surface area contributed by atoms with E-state index in [1.807, 2.05) is 0 Å². The highest BCUT2D eigenvalue weighted by Gasteiger charge is 2.19. The summed E-state index contributed by atoms with van der Waals surface area (Å²) in [5.74, 6) is -2.55. The fraction of sp³-hybridized carbons (Fsp3) is 0.176. The molecule has 0 aliphatic heterocycles. The molecule has 0 saturated carbocycles. The minimum atomic E-state index is -1.07. The molecule has 0 bridgehead atoms. The molecule has 7 heteroatoms. The number of hydrogen-bond donors (Lipinski definition) is 1. The van der Waals surface area contributed by atoms with Crippen LogP contribution in [0.1, 0.15) is 6.92 Å². The lowest BCUT2D eigenvalue weighted by Gasteiger charge is -2.22. The normalized spacial score (nSPS) is 10.2. The van der Waals surface area contributed by atoms with Gasteiger partial charge in [-0.1, -0.05) is 12.1 Å². The van der Waals surface area contributed by atoms with Gasteiger partial charge in [0, 0.05) is 18.7 Å². The van der Waals surface area contributed by atoms with Crippen molar-refractivity contribution in [3.05, 3.63) is 54.1 Å². The van der Waals surface area contributed by atoms with Crippen molar-refractivity contribution < 1.29 is 23.1 Å². The number of halogens is 2. The van der Waals surface area contributed by atoms with E-state index in [9.17, 15) is 18.4 Å². The van der Waals surface area contributed by atoms with Gasteiger partial charge in [0.15, 0.2) is 11.6 Å². The third-order valence-corrected chi connectivity index (χ3v) is 3.26.